The minimum Gasteiger partial charge on any atom is -0.323 e. The number of benzene rings is 2. The minimum atomic E-state index is -3.33. The minimum absolute atomic E-state index is 0.0140. The van der Waals surface area contributed by atoms with E-state index in [0.717, 1.165) is 11.4 Å². The number of nitrogens with one attached hydrogen (secondary N) is 2. The molecule has 0 aliphatic rings. The number of carbonyl (C=O) groups is 2. The van der Waals surface area contributed by atoms with Gasteiger partial charge in [-0.15, -0.1) is 0 Å². The molecule has 0 saturated heterocycles. The summed E-state index contributed by atoms with van der Waals surface area (Å²) in [5.74, 6) is -0.705. The molecule has 2 amide bonds. The molecule has 3 rings (SSSR count). The van der Waals surface area contributed by atoms with E-state index in [-0.39, 0.29) is 21.6 Å². The summed E-state index contributed by atoms with van der Waals surface area (Å²) < 4.78 is 25.5. The van der Waals surface area contributed by atoms with Gasteiger partial charge in [0.1, 0.15) is 6.04 Å². The molecule has 1 aromatic heterocycles. The van der Waals surface area contributed by atoms with E-state index >= 15 is 0 Å². The third-order valence-corrected chi connectivity index (χ3v) is 7.19. The van der Waals surface area contributed by atoms with Gasteiger partial charge in [-0.1, -0.05) is 18.5 Å². The maximum absolute atomic E-state index is 12.7. The van der Waals surface area contributed by atoms with Gasteiger partial charge in [0.2, 0.25) is 5.91 Å². The number of aromatic nitrogens is 2. The van der Waals surface area contributed by atoms with Crippen LogP contribution in [0, 0.1) is 13.8 Å². The number of anilines is 2. The van der Waals surface area contributed by atoms with Gasteiger partial charge in [-0.3, -0.25) is 14.3 Å². The largest absolute Gasteiger partial charge is 0.323 e. The average molecular weight is 489 g/mol. The molecule has 3 aromatic rings. The van der Waals surface area contributed by atoms with Gasteiger partial charge in [0.05, 0.1) is 27.1 Å². The molecule has 0 saturated carbocycles. The summed E-state index contributed by atoms with van der Waals surface area (Å²) >= 11 is 6.32. The van der Waals surface area contributed by atoms with Gasteiger partial charge in [-0.25, -0.2) is 8.42 Å². The summed E-state index contributed by atoms with van der Waals surface area (Å²) in [5, 5.41) is 10.1. The lowest BCUT2D eigenvalue weighted by molar-refractivity contribution is -0.119. The van der Waals surface area contributed by atoms with Gasteiger partial charge in [0, 0.05) is 16.9 Å². The second-order valence-electron chi connectivity index (χ2n) is 7.61. The van der Waals surface area contributed by atoms with E-state index in [1.165, 1.54) is 30.3 Å². The molecule has 1 unspecified atom stereocenters. The zero-order valence-corrected chi connectivity index (χ0v) is 20.3. The maximum Gasteiger partial charge on any atom is 0.255 e. The molecule has 2 N–H and O–H groups in total. The zero-order valence-electron chi connectivity index (χ0n) is 18.7. The highest BCUT2D eigenvalue weighted by atomic mass is 35.5. The second-order valence-corrected chi connectivity index (χ2v) is 10.3. The highest BCUT2D eigenvalue weighted by Gasteiger charge is 2.19. The topological polar surface area (TPSA) is 110 Å². The van der Waals surface area contributed by atoms with E-state index < -0.39 is 21.8 Å². The first-order valence-electron chi connectivity index (χ1n) is 10.3. The van der Waals surface area contributed by atoms with Crippen molar-refractivity contribution in [2.24, 2.45) is 0 Å². The standard InChI is InChI=1S/C23H25ClN4O4S/c1-5-33(31,32)19-9-6-17(7-10-19)23(30)25-18-8-11-21(20(24)13-18)26-22(29)16(4)28-15(3)12-14(2)27-28/h6-13,16H,5H2,1-4H3,(H,25,30)(H,26,29). The van der Waals surface area contributed by atoms with Crippen molar-refractivity contribution >= 4 is 44.6 Å². The molecule has 33 heavy (non-hydrogen) atoms. The predicted molar refractivity (Wildman–Crippen MR) is 129 cm³/mol. The summed E-state index contributed by atoms with van der Waals surface area (Å²) in [7, 11) is -3.33. The Kier molecular flexibility index (Phi) is 7.24. The van der Waals surface area contributed by atoms with Crippen LogP contribution in [0.3, 0.4) is 0 Å². The first-order valence-corrected chi connectivity index (χ1v) is 12.3. The van der Waals surface area contributed by atoms with E-state index in [9.17, 15) is 18.0 Å². The normalized spacial score (nSPS) is 12.3. The van der Waals surface area contributed by atoms with E-state index in [1.807, 2.05) is 19.9 Å². The van der Waals surface area contributed by atoms with Gasteiger partial charge in [0.15, 0.2) is 9.84 Å². The third kappa shape index (κ3) is 5.61. The van der Waals surface area contributed by atoms with Gasteiger partial charge in [0.25, 0.3) is 5.91 Å². The Bertz CT molecular complexity index is 1300. The summed E-state index contributed by atoms with van der Waals surface area (Å²) in [6.07, 6.45) is 0. The maximum atomic E-state index is 12.7. The van der Waals surface area contributed by atoms with Crippen LogP contribution in [0.15, 0.2) is 53.4 Å². The number of carbonyl (C=O) groups excluding carboxylic acids is 2. The van der Waals surface area contributed by atoms with Gasteiger partial charge < -0.3 is 10.6 Å². The van der Waals surface area contributed by atoms with Gasteiger partial charge >= 0.3 is 0 Å². The van der Waals surface area contributed by atoms with Crippen molar-refractivity contribution in [3.63, 3.8) is 0 Å². The van der Waals surface area contributed by atoms with Gasteiger partial charge in [-0.05, 0) is 69.3 Å². The highest BCUT2D eigenvalue weighted by molar-refractivity contribution is 7.91. The van der Waals surface area contributed by atoms with Crippen LogP contribution in [0.2, 0.25) is 5.02 Å². The van der Waals surface area contributed by atoms with Gasteiger partial charge in [-0.2, -0.15) is 5.10 Å². The molecular weight excluding hydrogens is 464 g/mol. The number of hydrogen-bond acceptors (Lipinski definition) is 5. The monoisotopic (exact) mass is 488 g/mol. The fourth-order valence-electron chi connectivity index (χ4n) is 3.26. The molecule has 0 aliphatic carbocycles. The quantitative estimate of drug-likeness (QED) is 0.512. The average Bonchev–Trinajstić information content (AvgIpc) is 3.12. The Labute approximate surface area is 197 Å². The van der Waals surface area contributed by atoms with E-state index in [0.29, 0.717) is 16.9 Å². The fraction of sp³-hybridized carbons (Fsp3) is 0.261. The number of rotatable bonds is 7. The third-order valence-electron chi connectivity index (χ3n) is 5.13. The Hall–Kier alpha value is -3.17. The Morgan fingerprint density at radius 2 is 1.73 bits per heavy atom. The van der Waals surface area contributed by atoms with Crippen molar-refractivity contribution in [1.29, 1.82) is 0 Å². The Morgan fingerprint density at radius 1 is 1.06 bits per heavy atom. The van der Waals surface area contributed by atoms with Crippen LogP contribution in [0.4, 0.5) is 11.4 Å². The molecule has 174 valence electrons. The number of aryl methyl sites for hydroxylation is 2. The van der Waals surface area contributed by atoms with Crippen molar-refractivity contribution in [3.05, 3.63) is 70.5 Å². The molecule has 0 bridgehead atoms. The highest BCUT2D eigenvalue weighted by Crippen LogP contribution is 2.27. The lowest BCUT2D eigenvalue weighted by Gasteiger charge is -2.16. The molecule has 0 aliphatic heterocycles. The second kappa shape index (κ2) is 9.76. The van der Waals surface area contributed by atoms with Crippen LogP contribution in [0.1, 0.15) is 41.6 Å². The first kappa shape index (κ1) is 24.5. The van der Waals surface area contributed by atoms with Crippen molar-refractivity contribution in [2.75, 3.05) is 16.4 Å². The molecule has 10 heteroatoms. The number of halogens is 1. The first-order chi connectivity index (χ1) is 15.5. The Morgan fingerprint density at radius 3 is 2.27 bits per heavy atom. The lowest BCUT2D eigenvalue weighted by Crippen LogP contribution is -2.25. The molecule has 0 spiro atoms. The molecule has 0 fully saturated rings. The number of amides is 2. The molecule has 1 heterocycles. The Balaban J connectivity index is 1.68. The molecule has 0 radical (unpaired) electrons. The number of sulfone groups is 1. The van der Waals surface area contributed by atoms with E-state index in [4.69, 9.17) is 11.6 Å². The fourth-order valence-corrected chi connectivity index (χ4v) is 4.38. The van der Waals surface area contributed by atoms with Crippen LogP contribution >= 0.6 is 11.6 Å². The van der Waals surface area contributed by atoms with E-state index in [1.54, 1.807) is 30.7 Å². The van der Waals surface area contributed by atoms with Crippen LogP contribution in [-0.2, 0) is 14.6 Å². The number of hydrogen-bond donors (Lipinski definition) is 2. The molecule has 2 aromatic carbocycles. The SMILES string of the molecule is CCS(=O)(=O)c1ccc(C(=O)Nc2ccc(NC(=O)C(C)n3nc(C)cc3C)c(Cl)c2)cc1. The number of nitrogens with zero attached hydrogens (tertiary/aromatic N) is 2. The van der Waals surface area contributed by atoms with Crippen LogP contribution in [0.5, 0.6) is 0 Å². The van der Waals surface area contributed by atoms with Crippen LogP contribution in [-0.4, -0.2) is 35.8 Å². The van der Waals surface area contributed by atoms with Crippen LogP contribution in [0.25, 0.3) is 0 Å². The van der Waals surface area contributed by atoms with Crippen molar-refractivity contribution in [1.82, 2.24) is 9.78 Å². The van der Waals surface area contributed by atoms with Crippen molar-refractivity contribution < 1.29 is 18.0 Å². The summed E-state index contributed by atoms with van der Waals surface area (Å²) in [5.41, 5.74) is 2.84. The van der Waals surface area contributed by atoms with Crippen molar-refractivity contribution in [2.45, 2.75) is 38.6 Å². The van der Waals surface area contributed by atoms with Crippen molar-refractivity contribution in [3.8, 4) is 0 Å². The molecular formula is C23H25ClN4O4S. The van der Waals surface area contributed by atoms with Crippen LogP contribution < -0.4 is 10.6 Å². The predicted octanol–water partition coefficient (Wildman–Crippen LogP) is 4.40. The van der Waals surface area contributed by atoms with E-state index in [2.05, 4.69) is 15.7 Å². The zero-order chi connectivity index (χ0) is 24.3. The lowest BCUT2D eigenvalue weighted by atomic mass is 10.2. The molecule has 8 nitrogen and oxygen atoms in total. The summed E-state index contributed by atoms with van der Waals surface area (Å²) in [6, 6.07) is 11.8. The smallest absolute Gasteiger partial charge is 0.255 e. The molecule has 1 atom stereocenters. The summed E-state index contributed by atoms with van der Waals surface area (Å²) in [6.45, 7) is 7.05. The summed E-state index contributed by atoms with van der Waals surface area (Å²) in [4.78, 5) is 25.3.